The van der Waals surface area contributed by atoms with E-state index in [1.807, 2.05) is 11.4 Å². The summed E-state index contributed by atoms with van der Waals surface area (Å²) in [4.78, 5) is 11.0. The lowest BCUT2D eigenvalue weighted by Crippen LogP contribution is -2.55. The van der Waals surface area contributed by atoms with Gasteiger partial charge in [0, 0.05) is 24.0 Å². The third-order valence-electron chi connectivity index (χ3n) is 3.55. The zero-order valence-electron chi connectivity index (χ0n) is 11.4. The third kappa shape index (κ3) is 4.11. The van der Waals surface area contributed by atoms with E-state index < -0.39 is 24.2 Å². The van der Waals surface area contributed by atoms with Gasteiger partial charge in [-0.25, -0.2) is 0 Å². The van der Waals surface area contributed by atoms with E-state index in [1.54, 1.807) is 18.2 Å². The fourth-order valence-electron chi connectivity index (χ4n) is 2.65. The first kappa shape index (κ1) is 16.1. The first-order chi connectivity index (χ1) is 9.77. The summed E-state index contributed by atoms with van der Waals surface area (Å²) in [6.45, 7) is 1.09. The fourth-order valence-corrected chi connectivity index (χ4v) is 2.85. The summed E-state index contributed by atoms with van der Waals surface area (Å²) in [6, 6.07) is 4.15. The van der Waals surface area contributed by atoms with Gasteiger partial charge in [-0.3, -0.25) is 4.79 Å². The third-order valence-corrected chi connectivity index (χ3v) is 3.78. The molecule has 0 spiro atoms. The van der Waals surface area contributed by atoms with E-state index in [4.69, 9.17) is 11.6 Å². The zero-order chi connectivity index (χ0) is 15.6. The quantitative estimate of drug-likeness (QED) is 0.898. The maximum absolute atomic E-state index is 13.1. The Kier molecular flexibility index (Phi) is 4.78. The van der Waals surface area contributed by atoms with Crippen LogP contribution >= 0.6 is 11.6 Å². The predicted octanol–water partition coefficient (Wildman–Crippen LogP) is 3.20. The van der Waals surface area contributed by atoms with Gasteiger partial charge in [0.05, 0.1) is 0 Å². The summed E-state index contributed by atoms with van der Waals surface area (Å²) in [5.74, 6) is -0.690. The number of benzene rings is 1. The van der Waals surface area contributed by atoms with Crippen molar-refractivity contribution in [2.75, 3.05) is 0 Å². The second-order valence-electron chi connectivity index (χ2n) is 5.18. The molecule has 0 radical (unpaired) electrons. The van der Waals surface area contributed by atoms with Crippen molar-refractivity contribution in [2.45, 2.75) is 44.1 Å². The van der Waals surface area contributed by atoms with E-state index in [0.717, 1.165) is 12.5 Å². The normalized spacial score (nSPS) is 23.9. The molecule has 0 aromatic heterocycles. The molecule has 0 saturated carbocycles. The SMILES string of the molecule is CC(=O)NC(C1CCC(c2cccc(Cl)c2)N1)C(F)(F)F. The molecule has 116 valence electrons. The summed E-state index contributed by atoms with van der Waals surface area (Å²) < 4.78 is 39.2. The minimum atomic E-state index is -4.48. The molecule has 1 aromatic carbocycles. The first-order valence-corrected chi connectivity index (χ1v) is 7.00. The second-order valence-corrected chi connectivity index (χ2v) is 5.61. The van der Waals surface area contributed by atoms with Crippen molar-refractivity contribution in [3.05, 3.63) is 34.9 Å². The largest absolute Gasteiger partial charge is 0.410 e. The molecule has 1 amide bonds. The van der Waals surface area contributed by atoms with Crippen molar-refractivity contribution in [3.8, 4) is 0 Å². The van der Waals surface area contributed by atoms with E-state index in [0.29, 0.717) is 17.9 Å². The van der Waals surface area contributed by atoms with Gasteiger partial charge in [-0.15, -0.1) is 0 Å². The Balaban J connectivity index is 2.11. The van der Waals surface area contributed by atoms with Crippen molar-refractivity contribution in [1.82, 2.24) is 10.6 Å². The standard InChI is InChI=1S/C14H16ClF3N2O/c1-8(21)19-13(14(16,17)18)12-6-5-11(20-12)9-3-2-4-10(15)7-9/h2-4,7,11-13,20H,5-6H2,1H3,(H,19,21). The number of hydrogen-bond donors (Lipinski definition) is 2. The Hall–Kier alpha value is -1.27. The van der Waals surface area contributed by atoms with E-state index in [1.165, 1.54) is 0 Å². The highest BCUT2D eigenvalue weighted by Crippen LogP contribution is 2.33. The average Bonchev–Trinajstić information content (AvgIpc) is 2.83. The second kappa shape index (κ2) is 6.23. The number of carbonyl (C=O) groups excluding carboxylic acids is 1. The van der Waals surface area contributed by atoms with Gasteiger partial charge in [-0.1, -0.05) is 23.7 Å². The minimum absolute atomic E-state index is 0.188. The van der Waals surface area contributed by atoms with Crippen molar-refractivity contribution < 1.29 is 18.0 Å². The Morgan fingerprint density at radius 1 is 1.43 bits per heavy atom. The van der Waals surface area contributed by atoms with Crippen LogP contribution in [-0.4, -0.2) is 24.2 Å². The highest BCUT2D eigenvalue weighted by atomic mass is 35.5. The molecule has 1 fully saturated rings. The zero-order valence-corrected chi connectivity index (χ0v) is 12.1. The Morgan fingerprint density at radius 2 is 2.14 bits per heavy atom. The van der Waals surface area contributed by atoms with Gasteiger partial charge in [0.2, 0.25) is 5.91 Å². The van der Waals surface area contributed by atoms with Crippen LogP contribution in [0.15, 0.2) is 24.3 Å². The average molecular weight is 321 g/mol. The number of hydrogen-bond acceptors (Lipinski definition) is 2. The Morgan fingerprint density at radius 3 is 2.71 bits per heavy atom. The van der Waals surface area contributed by atoms with Crippen LogP contribution < -0.4 is 10.6 Å². The van der Waals surface area contributed by atoms with E-state index in [2.05, 4.69) is 5.32 Å². The van der Waals surface area contributed by atoms with Crippen LogP contribution in [0.25, 0.3) is 0 Å². The highest BCUT2D eigenvalue weighted by molar-refractivity contribution is 6.30. The van der Waals surface area contributed by atoms with Crippen LogP contribution in [0.1, 0.15) is 31.4 Å². The Bertz CT molecular complexity index is 521. The van der Waals surface area contributed by atoms with Gasteiger partial charge in [0.25, 0.3) is 0 Å². The maximum atomic E-state index is 13.1. The Labute approximate surface area is 125 Å². The topological polar surface area (TPSA) is 41.1 Å². The molecule has 1 aliphatic rings. The molecule has 2 rings (SSSR count). The lowest BCUT2D eigenvalue weighted by molar-refractivity contribution is -0.166. The molecule has 3 atom stereocenters. The molecule has 0 bridgehead atoms. The molecule has 1 aliphatic heterocycles. The van der Waals surface area contributed by atoms with Crippen LogP contribution in [0.3, 0.4) is 0 Å². The molecule has 7 heteroatoms. The molecular weight excluding hydrogens is 305 g/mol. The molecule has 1 aromatic rings. The van der Waals surface area contributed by atoms with Crippen LogP contribution in [-0.2, 0) is 4.79 Å². The number of nitrogens with one attached hydrogen (secondary N) is 2. The lowest BCUT2D eigenvalue weighted by Gasteiger charge is -2.27. The van der Waals surface area contributed by atoms with Crippen LogP contribution in [0, 0.1) is 0 Å². The van der Waals surface area contributed by atoms with Gasteiger partial charge in [-0.2, -0.15) is 13.2 Å². The molecule has 1 saturated heterocycles. The van der Waals surface area contributed by atoms with Gasteiger partial charge in [0.15, 0.2) is 0 Å². The highest BCUT2D eigenvalue weighted by Gasteiger charge is 2.47. The van der Waals surface area contributed by atoms with E-state index in [-0.39, 0.29) is 6.04 Å². The molecule has 3 unspecified atom stereocenters. The van der Waals surface area contributed by atoms with Crippen molar-refractivity contribution in [1.29, 1.82) is 0 Å². The van der Waals surface area contributed by atoms with E-state index in [9.17, 15) is 18.0 Å². The number of carbonyl (C=O) groups is 1. The van der Waals surface area contributed by atoms with Crippen LogP contribution in [0.2, 0.25) is 5.02 Å². The molecule has 21 heavy (non-hydrogen) atoms. The summed E-state index contributed by atoms with van der Waals surface area (Å²) in [5, 5.41) is 5.49. The number of halogens is 4. The number of rotatable bonds is 3. The smallest absolute Gasteiger partial charge is 0.343 e. The molecular formula is C14H16ClF3N2O. The van der Waals surface area contributed by atoms with Gasteiger partial charge < -0.3 is 10.6 Å². The van der Waals surface area contributed by atoms with Crippen LogP contribution in [0.4, 0.5) is 13.2 Å². The van der Waals surface area contributed by atoms with Crippen molar-refractivity contribution >= 4 is 17.5 Å². The summed E-state index contributed by atoms with van der Waals surface area (Å²) in [7, 11) is 0. The lowest BCUT2D eigenvalue weighted by atomic mass is 10.0. The van der Waals surface area contributed by atoms with Crippen molar-refractivity contribution in [2.24, 2.45) is 0 Å². The maximum Gasteiger partial charge on any atom is 0.410 e. The summed E-state index contributed by atoms with van der Waals surface area (Å²) in [6.07, 6.45) is -3.58. The van der Waals surface area contributed by atoms with Gasteiger partial charge >= 0.3 is 6.18 Å². The summed E-state index contributed by atoms with van der Waals surface area (Å²) >= 11 is 5.90. The minimum Gasteiger partial charge on any atom is -0.343 e. The first-order valence-electron chi connectivity index (χ1n) is 6.62. The van der Waals surface area contributed by atoms with Gasteiger partial charge in [-0.05, 0) is 30.5 Å². The van der Waals surface area contributed by atoms with Gasteiger partial charge in [0.1, 0.15) is 6.04 Å². The number of alkyl halides is 3. The molecule has 2 N–H and O–H groups in total. The predicted molar refractivity (Wildman–Crippen MR) is 74.0 cm³/mol. The van der Waals surface area contributed by atoms with Crippen molar-refractivity contribution in [3.63, 3.8) is 0 Å². The van der Waals surface area contributed by atoms with E-state index >= 15 is 0 Å². The monoisotopic (exact) mass is 320 g/mol. The molecule has 3 nitrogen and oxygen atoms in total. The number of amides is 1. The molecule has 0 aliphatic carbocycles. The molecule has 1 heterocycles. The fraction of sp³-hybridized carbons (Fsp3) is 0.500. The van der Waals surface area contributed by atoms with Crippen LogP contribution in [0.5, 0.6) is 0 Å². The summed E-state index contributed by atoms with van der Waals surface area (Å²) in [5.41, 5.74) is 0.855.